The lowest BCUT2D eigenvalue weighted by Crippen LogP contribution is -2.18. The zero-order valence-corrected chi connectivity index (χ0v) is 12.6. The van der Waals surface area contributed by atoms with Crippen LogP contribution in [-0.2, 0) is 6.42 Å². The summed E-state index contributed by atoms with van der Waals surface area (Å²) >= 11 is 1.50. The Labute approximate surface area is 127 Å². The van der Waals surface area contributed by atoms with Gasteiger partial charge < -0.3 is 15.2 Å². The standard InChI is InChI=1S/C15H17N3O2S/c1-10(16)6-11-8-17-15(18-9-11)21-12-2-3-13-14(7-12)20-5-4-19-13/h2-3,7-10H,4-6,16H2,1H3. The van der Waals surface area contributed by atoms with Gasteiger partial charge in [-0.25, -0.2) is 9.97 Å². The van der Waals surface area contributed by atoms with Crippen molar-refractivity contribution in [2.45, 2.75) is 29.4 Å². The van der Waals surface area contributed by atoms with Crippen LogP contribution < -0.4 is 15.2 Å². The summed E-state index contributed by atoms with van der Waals surface area (Å²) in [6, 6.07) is 5.97. The SMILES string of the molecule is CC(N)Cc1cnc(Sc2ccc3c(c2)OCCO3)nc1. The third-order valence-corrected chi connectivity index (χ3v) is 3.85. The van der Waals surface area contributed by atoms with Crippen LogP contribution in [0.4, 0.5) is 0 Å². The van der Waals surface area contributed by atoms with Crippen molar-refractivity contribution >= 4 is 11.8 Å². The number of nitrogens with two attached hydrogens (primary N) is 1. The number of rotatable bonds is 4. The highest BCUT2D eigenvalue weighted by Crippen LogP contribution is 2.35. The highest BCUT2D eigenvalue weighted by Gasteiger charge is 2.12. The molecule has 1 atom stereocenters. The monoisotopic (exact) mass is 303 g/mol. The molecule has 1 aromatic heterocycles. The van der Waals surface area contributed by atoms with Crippen molar-refractivity contribution in [1.82, 2.24) is 9.97 Å². The van der Waals surface area contributed by atoms with Crippen LogP contribution in [0.15, 0.2) is 40.6 Å². The summed E-state index contributed by atoms with van der Waals surface area (Å²) in [6.07, 6.45) is 4.45. The van der Waals surface area contributed by atoms with Gasteiger partial charge in [0.25, 0.3) is 0 Å². The number of hydrogen-bond acceptors (Lipinski definition) is 6. The molecule has 2 aromatic rings. The minimum Gasteiger partial charge on any atom is -0.486 e. The van der Waals surface area contributed by atoms with Crippen molar-refractivity contribution in [2.24, 2.45) is 5.73 Å². The molecule has 0 aliphatic carbocycles. The molecular formula is C15H17N3O2S. The lowest BCUT2D eigenvalue weighted by Gasteiger charge is -2.18. The van der Waals surface area contributed by atoms with Gasteiger partial charge in [0.1, 0.15) is 13.2 Å². The van der Waals surface area contributed by atoms with Crippen molar-refractivity contribution in [3.8, 4) is 11.5 Å². The van der Waals surface area contributed by atoms with Crippen molar-refractivity contribution in [3.05, 3.63) is 36.2 Å². The number of benzene rings is 1. The lowest BCUT2D eigenvalue weighted by atomic mass is 10.1. The van der Waals surface area contributed by atoms with Crippen LogP contribution in [-0.4, -0.2) is 29.2 Å². The van der Waals surface area contributed by atoms with E-state index >= 15 is 0 Å². The molecule has 1 unspecified atom stereocenters. The average Bonchev–Trinajstić information content (AvgIpc) is 2.49. The van der Waals surface area contributed by atoms with Gasteiger partial charge in [-0.2, -0.15) is 0 Å². The molecule has 1 aromatic carbocycles. The van der Waals surface area contributed by atoms with E-state index in [4.69, 9.17) is 15.2 Å². The molecule has 0 fully saturated rings. The molecule has 1 aliphatic heterocycles. The molecule has 3 rings (SSSR count). The van der Waals surface area contributed by atoms with Crippen molar-refractivity contribution < 1.29 is 9.47 Å². The van der Waals surface area contributed by atoms with Gasteiger partial charge in [0, 0.05) is 23.3 Å². The zero-order chi connectivity index (χ0) is 14.7. The van der Waals surface area contributed by atoms with E-state index in [1.54, 1.807) is 0 Å². The molecule has 0 saturated heterocycles. The van der Waals surface area contributed by atoms with Crippen LogP contribution in [0.5, 0.6) is 11.5 Å². The molecular weight excluding hydrogens is 286 g/mol. The maximum Gasteiger partial charge on any atom is 0.192 e. The van der Waals surface area contributed by atoms with Gasteiger partial charge in [-0.3, -0.25) is 0 Å². The molecule has 2 heterocycles. The summed E-state index contributed by atoms with van der Waals surface area (Å²) in [4.78, 5) is 9.75. The summed E-state index contributed by atoms with van der Waals surface area (Å²) in [5.41, 5.74) is 6.82. The summed E-state index contributed by atoms with van der Waals surface area (Å²) in [5, 5.41) is 0.708. The largest absolute Gasteiger partial charge is 0.486 e. The number of ether oxygens (including phenoxy) is 2. The highest BCUT2D eigenvalue weighted by atomic mass is 32.2. The molecule has 0 bridgehead atoms. The number of fused-ring (bicyclic) bond motifs is 1. The first-order valence-corrected chi connectivity index (χ1v) is 7.66. The van der Waals surface area contributed by atoms with Gasteiger partial charge >= 0.3 is 0 Å². The van der Waals surface area contributed by atoms with Crippen molar-refractivity contribution in [3.63, 3.8) is 0 Å². The van der Waals surface area contributed by atoms with Crippen LogP contribution in [0.25, 0.3) is 0 Å². The first-order valence-electron chi connectivity index (χ1n) is 6.85. The first-order chi connectivity index (χ1) is 10.2. The van der Waals surface area contributed by atoms with Crippen LogP contribution in [0.3, 0.4) is 0 Å². The Hall–Kier alpha value is -1.79. The summed E-state index contributed by atoms with van der Waals surface area (Å²) in [7, 11) is 0. The molecule has 5 nitrogen and oxygen atoms in total. The second-order valence-corrected chi connectivity index (χ2v) is 6.00. The van der Waals surface area contributed by atoms with Gasteiger partial charge in [0.05, 0.1) is 0 Å². The molecule has 0 amide bonds. The quantitative estimate of drug-likeness (QED) is 0.874. The van der Waals surface area contributed by atoms with Crippen LogP contribution in [0.1, 0.15) is 12.5 Å². The molecule has 110 valence electrons. The molecule has 21 heavy (non-hydrogen) atoms. The predicted octanol–water partition coefficient (Wildman–Crippen LogP) is 2.29. The molecule has 0 saturated carbocycles. The van der Waals surface area contributed by atoms with Gasteiger partial charge in [0.2, 0.25) is 0 Å². The minimum absolute atomic E-state index is 0.116. The molecule has 0 radical (unpaired) electrons. The Kier molecular flexibility index (Phi) is 4.26. The average molecular weight is 303 g/mol. The second-order valence-electron chi connectivity index (χ2n) is 4.96. The number of aromatic nitrogens is 2. The highest BCUT2D eigenvalue weighted by molar-refractivity contribution is 7.99. The van der Waals surface area contributed by atoms with Gasteiger partial charge in [0.15, 0.2) is 16.7 Å². The Morgan fingerprint density at radius 3 is 2.62 bits per heavy atom. The predicted molar refractivity (Wildman–Crippen MR) is 80.9 cm³/mol. The zero-order valence-electron chi connectivity index (χ0n) is 11.8. The smallest absolute Gasteiger partial charge is 0.192 e. The van der Waals surface area contributed by atoms with Gasteiger partial charge in [-0.15, -0.1) is 0 Å². The fourth-order valence-corrected chi connectivity index (χ4v) is 2.79. The van der Waals surface area contributed by atoms with Crippen molar-refractivity contribution in [1.29, 1.82) is 0 Å². The normalized spacial score (nSPS) is 14.8. The fourth-order valence-electron chi connectivity index (χ4n) is 2.07. The lowest BCUT2D eigenvalue weighted by molar-refractivity contribution is 0.171. The van der Waals surface area contributed by atoms with Crippen LogP contribution in [0, 0.1) is 0 Å². The molecule has 2 N–H and O–H groups in total. The van der Waals surface area contributed by atoms with Crippen LogP contribution >= 0.6 is 11.8 Å². The van der Waals surface area contributed by atoms with E-state index < -0.39 is 0 Å². The Morgan fingerprint density at radius 1 is 1.19 bits per heavy atom. The van der Waals surface area contributed by atoms with Crippen molar-refractivity contribution in [2.75, 3.05) is 13.2 Å². The van der Waals surface area contributed by atoms with E-state index in [0.717, 1.165) is 28.4 Å². The van der Waals surface area contributed by atoms with Gasteiger partial charge in [-0.1, -0.05) is 0 Å². The Bertz CT molecular complexity index is 617. The number of hydrogen-bond donors (Lipinski definition) is 1. The Morgan fingerprint density at radius 2 is 1.90 bits per heavy atom. The topological polar surface area (TPSA) is 70.3 Å². The second kappa shape index (κ2) is 6.32. The fraction of sp³-hybridized carbons (Fsp3) is 0.333. The first kappa shape index (κ1) is 14.2. The summed E-state index contributed by atoms with van der Waals surface area (Å²) in [6.45, 7) is 3.16. The van der Waals surface area contributed by atoms with E-state index in [1.807, 2.05) is 37.5 Å². The third-order valence-electron chi connectivity index (χ3n) is 2.96. The van der Waals surface area contributed by atoms with Gasteiger partial charge in [-0.05, 0) is 48.9 Å². The van der Waals surface area contributed by atoms with E-state index in [-0.39, 0.29) is 6.04 Å². The Balaban J connectivity index is 1.71. The maximum absolute atomic E-state index is 5.76. The molecule has 0 spiro atoms. The molecule has 1 aliphatic rings. The van der Waals surface area contributed by atoms with E-state index in [1.165, 1.54) is 11.8 Å². The van der Waals surface area contributed by atoms with E-state index in [9.17, 15) is 0 Å². The van der Waals surface area contributed by atoms with E-state index in [0.29, 0.717) is 18.4 Å². The third kappa shape index (κ3) is 3.65. The summed E-state index contributed by atoms with van der Waals surface area (Å²) < 4.78 is 11.1. The van der Waals surface area contributed by atoms with E-state index in [2.05, 4.69) is 9.97 Å². The number of nitrogens with zero attached hydrogens (tertiary/aromatic N) is 2. The molecule has 6 heteroatoms. The minimum atomic E-state index is 0.116. The summed E-state index contributed by atoms with van der Waals surface area (Å²) in [5.74, 6) is 1.57. The van der Waals surface area contributed by atoms with Crippen LogP contribution in [0.2, 0.25) is 0 Å². The maximum atomic E-state index is 5.76.